The summed E-state index contributed by atoms with van der Waals surface area (Å²) < 4.78 is 0. The molecule has 0 aliphatic carbocycles. The Bertz CT molecular complexity index is 211. The van der Waals surface area contributed by atoms with E-state index in [4.69, 9.17) is 5.73 Å². The molecule has 88 valence electrons. The lowest BCUT2D eigenvalue weighted by molar-refractivity contribution is -0.137. The second-order valence-electron chi connectivity index (χ2n) is 4.27. The third-order valence-electron chi connectivity index (χ3n) is 3.02. The van der Waals surface area contributed by atoms with E-state index < -0.39 is 0 Å². The molecule has 1 aliphatic rings. The summed E-state index contributed by atoms with van der Waals surface area (Å²) in [5.74, 6) is 1.33. The van der Waals surface area contributed by atoms with Crippen LogP contribution in [0.1, 0.15) is 26.2 Å². The highest BCUT2D eigenvalue weighted by molar-refractivity contribution is 7.98. The van der Waals surface area contributed by atoms with Crippen LogP contribution in [0.15, 0.2) is 0 Å². The van der Waals surface area contributed by atoms with Gasteiger partial charge in [0.15, 0.2) is 0 Å². The maximum Gasteiger partial charge on any atom is 0.226 e. The Morgan fingerprint density at radius 3 is 2.93 bits per heavy atom. The third-order valence-corrected chi connectivity index (χ3v) is 3.85. The molecular weight excluding hydrogens is 208 g/mol. The van der Waals surface area contributed by atoms with E-state index >= 15 is 0 Å². The maximum atomic E-state index is 12.1. The van der Waals surface area contributed by atoms with Crippen molar-refractivity contribution in [3.8, 4) is 0 Å². The van der Waals surface area contributed by atoms with Gasteiger partial charge in [-0.05, 0) is 25.5 Å². The molecule has 1 heterocycles. The smallest absolute Gasteiger partial charge is 0.226 e. The monoisotopic (exact) mass is 230 g/mol. The Labute approximate surface area is 96.8 Å². The van der Waals surface area contributed by atoms with Crippen molar-refractivity contribution in [3.05, 3.63) is 0 Å². The number of thioether (sulfide) groups is 1. The normalized spacial score (nSPS) is 23.9. The fraction of sp³-hybridized carbons (Fsp3) is 0.909. The molecule has 1 aliphatic heterocycles. The second-order valence-corrected chi connectivity index (χ2v) is 5.18. The van der Waals surface area contributed by atoms with E-state index in [9.17, 15) is 4.79 Å². The van der Waals surface area contributed by atoms with Crippen LogP contribution in [0.2, 0.25) is 0 Å². The predicted octanol–water partition coefficient (Wildman–Crippen LogP) is 1.33. The molecule has 0 spiro atoms. The molecule has 1 saturated heterocycles. The highest BCUT2D eigenvalue weighted by atomic mass is 32.2. The summed E-state index contributed by atoms with van der Waals surface area (Å²) in [5, 5.41) is 0. The maximum absolute atomic E-state index is 12.1. The lowest BCUT2D eigenvalue weighted by atomic mass is 10.0. The molecule has 0 aromatic heterocycles. The first-order valence-corrected chi connectivity index (χ1v) is 7.09. The van der Waals surface area contributed by atoms with Crippen molar-refractivity contribution >= 4 is 17.7 Å². The second kappa shape index (κ2) is 6.38. The van der Waals surface area contributed by atoms with Crippen LogP contribution >= 0.6 is 11.8 Å². The Morgan fingerprint density at radius 1 is 1.60 bits per heavy atom. The number of carbonyl (C=O) groups excluding carboxylic acids is 1. The molecule has 15 heavy (non-hydrogen) atoms. The van der Waals surface area contributed by atoms with Crippen LogP contribution < -0.4 is 5.73 Å². The minimum atomic E-state index is 0.132. The van der Waals surface area contributed by atoms with Gasteiger partial charge < -0.3 is 10.6 Å². The Kier molecular flexibility index (Phi) is 5.47. The number of piperidine rings is 1. The number of hydrogen-bond acceptors (Lipinski definition) is 3. The van der Waals surface area contributed by atoms with Gasteiger partial charge in [0.05, 0.1) is 0 Å². The fourth-order valence-corrected chi connectivity index (χ4v) is 2.78. The van der Waals surface area contributed by atoms with E-state index in [0.29, 0.717) is 12.5 Å². The van der Waals surface area contributed by atoms with Crippen molar-refractivity contribution in [3.63, 3.8) is 0 Å². The van der Waals surface area contributed by atoms with Gasteiger partial charge in [-0.15, -0.1) is 0 Å². The van der Waals surface area contributed by atoms with E-state index in [1.165, 1.54) is 6.42 Å². The minimum absolute atomic E-state index is 0.132. The van der Waals surface area contributed by atoms with E-state index in [1.54, 1.807) is 11.8 Å². The molecule has 4 heteroatoms. The largest absolute Gasteiger partial charge is 0.338 e. The number of amides is 1. The molecule has 0 aromatic carbocycles. The van der Waals surface area contributed by atoms with Crippen LogP contribution in [0, 0.1) is 5.92 Å². The van der Waals surface area contributed by atoms with E-state index in [-0.39, 0.29) is 12.0 Å². The Balaban J connectivity index is 2.55. The van der Waals surface area contributed by atoms with Gasteiger partial charge in [0.25, 0.3) is 0 Å². The van der Waals surface area contributed by atoms with E-state index in [0.717, 1.165) is 25.1 Å². The zero-order chi connectivity index (χ0) is 11.3. The zero-order valence-corrected chi connectivity index (χ0v) is 10.6. The van der Waals surface area contributed by atoms with Crippen molar-refractivity contribution in [1.82, 2.24) is 4.90 Å². The molecule has 0 saturated carbocycles. The summed E-state index contributed by atoms with van der Waals surface area (Å²) in [6, 6.07) is 0.288. The topological polar surface area (TPSA) is 46.3 Å². The van der Waals surface area contributed by atoms with Gasteiger partial charge >= 0.3 is 0 Å². The molecule has 1 amide bonds. The highest BCUT2D eigenvalue weighted by Gasteiger charge is 2.28. The predicted molar refractivity (Wildman–Crippen MR) is 66.0 cm³/mol. The summed E-state index contributed by atoms with van der Waals surface area (Å²) in [4.78, 5) is 14.1. The van der Waals surface area contributed by atoms with Gasteiger partial charge in [-0.3, -0.25) is 4.79 Å². The summed E-state index contributed by atoms with van der Waals surface area (Å²) >= 11 is 1.73. The van der Waals surface area contributed by atoms with Gasteiger partial charge in [-0.2, -0.15) is 11.8 Å². The molecule has 2 atom stereocenters. The van der Waals surface area contributed by atoms with Crippen molar-refractivity contribution in [1.29, 1.82) is 0 Å². The van der Waals surface area contributed by atoms with Crippen molar-refractivity contribution < 1.29 is 4.79 Å². The van der Waals surface area contributed by atoms with Crippen LogP contribution in [-0.4, -0.2) is 41.9 Å². The molecule has 1 rings (SSSR count). The van der Waals surface area contributed by atoms with Gasteiger partial charge in [0.1, 0.15) is 0 Å². The molecule has 2 N–H and O–H groups in total. The Morgan fingerprint density at radius 2 is 2.33 bits per heavy atom. The van der Waals surface area contributed by atoms with Crippen LogP contribution in [-0.2, 0) is 4.79 Å². The fourth-order valence-electron chi connectivity index (χ4n) is 2.14. The molecule has 0 aromatic rings. The third kappa shape index (κ3) is 3.38. The lowest BCUT2D eigenvalue weighted by Crippen LogP contribution is -2.49. The minimum Gasteiger partial charge on any atom is -0.338 e. The molecular formula is C11H22N2OS. The van der Waals surface area contributed by atoms with Gasteiger partial charge in [0, 0.05) is 30.8 Å². The van der Waals surface area contributed by atoms with Crippen molar-refractivity contribution in [2.45, 2.75) is 32.2 Å². The molecule has 3 nitrogen and oxygen atoms in total. The van der Waals surface area contributed by atoms with Crippen LogP contribution in [0.25, 0.3) is 0 Å². The van der Waals surface area contributed by atoms with Gasteiger partial charge in [-0.25, -0.2) is 0 Å². The van der Waals surface area contributed by atoms with Crippen LogP contribution in [0.4, 0.5) is 0 Å². The molecule has 1 fully saturated rings. The highest BCUT2D eigenvalue weighted by Crippen LogP contribution is 2.19. The number of rotatable bonds is 4. The Hall–Kier alpha value is -0.220. The summed E-state index contributed by atoms with van der Waals surface area (Å²) in [6.07, 6.45) is 5.46. The summed E-state index contributed by atoms with van der Waals surface area (Å²) in [6.45, 7) is 3.53. The first kappa shape index (κ1) is 12.8. The average molecular weight is 230 g/mol. The average Bonchev–Trinajstić information content (AvgIpc) is 2.28. The molecule has 2 unspecified atom stereocenters. The number of hydrogen-bond donors (Lipinski definition) is 1. The van der Waals surface area contributed by atoms with Gasteiger partial charge in [0.2, 0.25) is 5.91 Å². The van der Waals surface area contributed by atoms with Crippen molar-refractivity contribution in [2.24, 2.45) is 11.7 Å². The number of nitrogens with two attached hydrogens (primary N) is 1. The molecule has 0 radical (unpaired) electrons. The number of likely N-dealkylation sites (tertiary alicyclic amines) is 1. The first-order valence-electron chi connectivity index (χ1n) is 5.70. The quantitative estimate of drug-likeness (QED) is 0.792. The summed E-state index contributed by atoms with van der Waals surface area (Å²) in [5.41, 5.74) is 5.71. The first-order chi connectivity index (χ1) is 7.20. The summed E-state index contributed by atoms with van der Waals surface area (Å²) in [7, 11) is 0. The zero-order valence-electron chi connectivity index (χ0n) is 9.74. The lowest BCUT2D eigenvalue weighted by Gasteiger charge is -2.36. The SMILES string of the molecule is CSCC(C)C(=O)N1CCCCC1CN. The molecule has 0 bridgehead atoms. The van der Waals surface area contributed by atoms with Crippen LogP contribution in [0.5, 0.6) is 0 Å². The van der Waals surface area contributed by atoms with Crippen molar-refractivity contribution in [2.75, 3.05) is 25.1 Å². The number of nitrogens with zero attached hydrogens (tertiary/aromatic N) is 1. The number of carbonyl (C=O) groups is 1. The van der Waals surface area contributed by atoms with E-state index in [1.807, 2.05) is 18.1 Å². The van der Waals surface area contributed by atoms with Gasteiger partial charge in [-0.1, -0.05) is 6.92 Å². The standard InChI is InChI=1S/C11H22N2OS/c1-9(8-15-2)11(14)13-6-4-3-5-10(13)7-12/h9-10H,3-8,12H2,1-2H3. The van der Waals surface area contributed by atoms with E-state index in [2.05, 4.69) is 0 Å². The van der Waals surface area contributed by atoms with Crippen LogP contribution in [0.3, 0.4) is 0 Å².